The highest BCUT2D eigenvalue weighted by Gasteiger charge is 2.25. The van der Waals surface area contributed by atoms with Crippen LogP contribution in [0.15, 0.2) is 4.99 Å². The van der Waals surface area contributed by atoms with Crippen LogP contribution in [0.5, 0.6) is 0 Å². The van der Waals surface area contributed by atoms with Crippen molar-refractivity contribution in [3.63, 3.8) is 0 Å². The summed E-state index contributed by atoms with van der Waals surface area (Å²) in [6.07, 6.45) is 0. The fraction of sp³-hybridized carbons (Fsp3) is 0.800. The Balaban J connectivity index is 4.45. The van der Waals surface area contributed by atoms with Gasteiger partial charge in [-0.1, -0.05) is 6.92 Å². The summed E-state index contributed by atoms with van der Waals surface area (Å²) in [5, 5.41) is 3.06. The Hall–Kier alpha value is -0.900. The number of aliphatic imine (C=N–C) groups is 1. The molecule has 0 spiro atoms. The predicted molar refractivity (Wildman–Crippen MR) is 57.7 cm³/mol. The van der Waals surface area contributed by atoms with Crippen molar-refractivity contribution in [2.45, 2.75) is 26.8 Å². The highest BCUT2D eigenvalue weighted by Crippen LogP contribution is 2.07. The Morgan fingerprint density at radius 2 is 2.14 bits per heavy atom. The number of nitrogens with zero attached hydrogens (tertiary/aromatic N) is 1. The molecule has 0 heterocycles. The molecular weight excluding hydrogens is 180 g/mol. The summed E-state index contributed by atoms with van der Waals surface area (Å²) in [5.41, 5.74) is 0.910. The minimum absolute atomic E-state index is 0.0425. The van der Waals surface area contributed by atoms with E-state index >= 15 is 0 Å². The highest BCUT2D eigenvalue weighted by molar-refractivity contribution is 5.91. The van der Waals surface area contributed by atoms with E-state index in [0.717, 1.165) is 5.71 Å². The van der Waals surface area contributed by atoms with Gasteiger partial charge in [0.15, 0.2) is 0 Å². The van der Waals surface area contributed by atoms with Crippen LogP contribution < -0.4 is 5.32 Å². The van der Waals surface area contributed by atoms with E-state index in [-0.39, 0.29) is 17.9 Å². The molecule has 0 saturated carbocycles. The molecule has 0 amide bonds. The molecule has 82 valence electrons. The lowest BCUT2D eigenvalue weighted by molar-refractivity contribution is -0.147. The smallest absolute Gasteiger partial charge is 0.310 e. The number of hydrogen-bond acceptors (Lipinski definition) is 4. The summed E-state index contributed by atoms with van der Waals surface area (Å²) in [4.78, 5) is 15.5. The van der Waals surface area contributed by atoms with Gasteiger partial charge in [-0.25, -0.2) is 0 Å². The van der Waals surface area contributed by atoms with Crippen LogP contribution in [0.2, 0.25) is 0 Å². The zero-order valence-electron chi connectivity index (χ0n) is 9.63. The van der Waals surface area contributed by atoms with E-state index < -0.39 is 0 Å². The molecule has 0 fully saturated rings. The fourth-order valence-electron chi connectivity index (χ4n) is 1.37. The van der Waals surface area contributed by atoms with Gasteiger partial charge in [0.25, 0.3) is 0 Å². The Kier molecular flexibility index (Phi) is 6.12. The first-order valence-electron chi connectivity index (χ1n) is 4.85. The molecule has 2 atom stereocenters. The second kappa shape index (κ2) is 6.54. The first-order valence-corrected chi connectivity index (χ1v) is 4.85. The largest absolute Gasteiger partial charge is 0.466 e. The van der Waals surface area contributed by atoms with Crippen molar-refractivity contribution in [3.05, 3.63) is 0 Å². The molecule has 0 aliphatic rings. The summed E-state index contributed by atoms with van der Waals surface area (Å²) in [5.74, 6) is -0.390. The molecule has 4 nitrogen and oxygen atoms in total. The molecule has 0 rings (SSSR count). The minimum atomic E-state index is -0.205. The Morgan fingerprint density at radius 1 is 1.57 bits per heavy atom. The minimum Gasteiger partial charge on any atom is -0.466 e. The lowest BCUT2D eigenvalue weighted by Crippen LogP contribution is -2.42. The van der Waals surface area contributed by atoms with E-state index in [2.05, 4.69) is 10.3 Å². The zero-order chi connectivity index (χ0) is 11.1. The molecule has 0 aromatic rings. The standard InChI is InChI=1S/C10H20N2O2/c1-6-14-10(13)7(2)9(12-5)8(3)11-4/h7,9,12H,6H2,1-5H3. The predicted octanol–water partition coefficient (Wildman–Crippen LogP) is 0.864. The maximum atomic E-state index is 11.4. The van der Waals surface area contributed by atoms with Crippen molar-refractivity contribution < 1.29 is 9.53 Å². The molecule has 2 unspecified atom stereocenters. The highest BCUT2D eigenvalue weighted by atomic mass is 16.5. The average Bonchev–Trinajstić information content (AvgIpc) is 2.18. The second-order valence-electron chi connectivity index (χ2n) is 3.17. The van der Waals surface area contributed by atoms with Gasteiger partial charge in [0, 0.05) is 12.8 Å². The average molecular weight is 200 g/mol. The monoisotopic (exact) mass is 200 g/mol. The summed E-state index contributed by atoms with van der Waals surface area (Å²) in [7, 11) is 3.53. The SMILES string of the molecule is CCOC(=O)C(C)C(NC)C(C)=NC. The third kappa shape index (κ3) is 3.46. The topological polar surface area (TPSA) is 50.7 Å². The van der Waals surface area contributed by atoms with Crippen molar-refractivity contribution in [1.29, 1.82) is 0 Å². The Labute approximate surface area is 85.7 Å². The van der Waals surface area contributed by atoms with Crippen molar-refractivity contribution >= 4 is 11.7 Å². The van der Waals surface area contributed by atoms with Gasteiger partial charge in [-0.2, -0.15) is 0 Å². The third-order valence-electron chi connectivity index (χ3n) is 2.27. The molecule has 0 aliphatic heterocycles. The van der Waals surface area contributed by atoms with Crippen LogP contribution in [0.3, 0.4) is 0 Å². The van der Waals surface area contributed by atoms with E-state index in [4.69, 9.17) is 4.74 Å². The van der Waals surface area contributed by atoms with E-state index in [1.54, 1.807) is 14.0 Å². The van der Waals surface area contributed by atoms with Gasteiger partial charge in [0.1, 0.15) is 0 Å². The van der Waals surface area contributed by atoms with E-state index in [1.807, 2.05) is 20.9 Å². The van der Waals surface area contributed by atoms with Crippen LogP contribution in [-0.2, 0) is 9.53 Å². The number of rotatable bonds is 5. The van der Waals surface area contributed by atoms with Crippen LogP contribution in [0.4, 0.5) is 0 Å². The van der Waals surface area contributed by atoms with Gasteiger partial charge in [-0.15, -0.1) is 0 Å². The van der Waals surface area contributed by atoms with Gasteiger partial charge in [0.05, 0.1) is 18.6 Å². The number of carbonyl (C=O) groups excluding carboxylic acids is 1. The van der Waals surface area contributed by atoms with Crippen LogP contribution in [0, 0.1) is 5.92 Å². The summed E-state index contributed by atoms with van der Waals surface area (Å²) < 4.78 is 4.95. The van der Waals surface area contributed by atoms with E-state index in [0.29, 0.717) is 6.61 Å². The Bertz CT molecular complexity index is 214. The van der Waals surface area contributed by atoms with Gasteiger partial charge in [0.2, 0.25) is 0 Å². The molecule has 4 heteroatoms. The summed E-state index contributed by atoms with van der Waals surface area (Å²) in [6.45, 7) is 5.96. The summed E-state index contributed by atoms with van der Waals surface area (Å²) in [6, 6.07) is -0.0425. The van der Waals surface area contributed by atoms with Crippen molar-refractivity contribution in [3.8, 4) is 0 Å². The molecular formula is C10H20N2O2. The Morgan fingerprint density at radius 3 is 2.50 bits per heavy atom. The third-order valence-corrected chi connectivity index (χ3v) is 2.27. The van der Waals surface area contributed by atoms with Gasteiger partial charge in [-0.3, -0.25) is 9.79 Å². The van der Waals surface area contributed by atoms with Gasteiger partial charge >= 0.3 is 5.97 Å². The first kappa shape index (κ1) is 13.1. The maximum absolute atomic E-state index is 11.4. The normalized spacial score (nSPS) is 16.2. The molecule has 0 aromatic carbocycles. The molecule has 1 N–H and O–H groups in total. The number of ether oxygens (including phenoxy) is 1. The quantitative estimate of drug-likeness (QED) is 0.529. The molecule has 14 heavy (non-hydrogen) atoms. The van der Waals surface area contributed by atoms with Gasteiger partial charge < -0.3 is 10.1 Å². The van der Waals surface area contributed by atoms with Crippen molar-refractivity contribution in [1.82, 2.24) is 5.32 Å². The van der Waals surface area contributed by atoms with Gasteiger partial charge in [-0.05, 0) is 20.9 Å². The number of nitrogens with one attached hydrogen (secondary N) is 1. The van der Waals surface area contributed by atoms with Crippen molar-refractivity contribution in [2.75, 3.05) is 20.7 Å². The number of hydrogen-bond donors (Lipinski definition) is 1. The molecule has 0 aromatic heterocycles. The van der Waals surface area contributed by atoms with Crippen LogP contribution in [0.25, 0.3) is 0 Å². The number of esters is 1. The molecule has 0 radical (unpaired) electrons. The first-order chi connectivity index (χ1) is 6.58. The zero-order valence-corrected chi connectivity index (χ0v) is 9.63. The number of carbonyl (C=O) groups is 1. The lowest BCUT2D eigenvalue weighted by atomic mass is 9.98. The fourth-order valence-corrected chi connectivity index (χ4v) is 1.37. The summed E-state index contributed by atoms with van der Waals surface area (Å²) >= 11 is 0. The lowest BCUT2D eigenvalue weighted by Gasteiger charge is -2.21. The van der Waals surface area contributed by atoms with Crippen LogP contribution >= 0.6 is 0 Å². The van der Waals surface area contributed by atoms with Crippen LogP contribution in [-0.4, -0.2) is 38.4 Å². The molecule has 0 saturated heterocycles. The van der Waals surface area contributed by atoms with E-state index in [1.165, 1.54) is 0 Å². The molecule has 0 aliphatic carbocycles. The van der Waals surface area contributed by atoms with Crippen LogP contribution in [0.1, 0.15) is 20.8 Å². The second-order valence-corrected chi connectivity index (χ2v) is 3.17. The maximum Gasteiger partial charge on any atom is 0.310 e. The molecule has 0 bridgehead atoms. The van der Waals surface area contributed by atoms with Crippen molar-refractivity contribution in [2.24, 2.45) is 10.9 Å². The van der Waals surface area contributed by atoms with E-state index in [9.17, 15) is 4.79 Å².